The zero-order valence-electron chi connectivity index (χ0n) is 13.7. The molecule has 2 aromatic rings. The van der Waals surface area contributed by atoms with Crippen LogP contribution in [0.5, 0.6) is 5.75 Å². The molecule has 1 saturated heterocycles. The summed E-state index contributed by atoms with van der Waals surface area (Å²) in [5.74, 6) is 0.758. The number of nitrogens with one attached hydrogen (secondary N) is 1. The minimum Gasteiger partial charge on any atom is -0.495 e. The Bertz CT molecular complexity index is 698. The molecule has 1 heterocycles. The van der Waals surface area contributed by atoms with E-state index in [1.54, 1.807) is 7.11 Å². The molecule has 0 aliphatic carbocycles. The van der Waals surface area contributed by atoms with Gasteiger partial charge in [-0.2, -0.15) is 0 Å². The molecule has 1 aliphatic rings. The predicted octanol–water partition coefficient (Wildman–Crippen LogP) is 3.52. The van der Waals surface area contributed by atoms with E-state index in [1.165, 1.54) is 0 Å². The number of piperidine rings is 1. The first-order chi connectivity index (χ1) is 11.7. The van der Waals surface area contributed by atoms with Crippen molar-refractivity contribution in [2.45, 2.75) is 18.9 Å². The number of rotatable bonds is 3. The maximum absolute atomic E-state index is 9.63. The highest BCUT2D eigenvalue weighted by molar-refractivity contribution is 7.80. The molecule has 0 spiro atoms. The Hall–Kier alpha value is -2.11. The Morgan fingerprint density at radius 2 is 1.83 bits per heavy atom. The summed E-state index contributed by atoms with van der Waals surface area (Å²) < 4.78 is 5.46. The summed E-state index contributed by atoms with van der Waals surface area (Å²) >= 11 is 5.54. The van der Waals surface area contributed by atoms with Crippen LogP contribution in [0.15, 0.2) is 48.5 Å². The Labute approximate surface area is 148 Å². The molecule has 3 rings (SSSR count). The van der Waals surface area contributed by atoms with Crippen molar-refractivity contribution < 1.29 is 9.84 Å². The van der Waals surface area contributed by atoms with Gasteiger partial charge in [-0.15, -0.1) is 0 Å². The molecule has 24 heavy (non-hydrogen) atoms. The van der Waals surface area contributed by atoms with Gasteiger partial charge < -0.3 is 20.1 Å². The van der Waals surface area contributed by atoms with Crippen molar-refractivity contribution in [3.8, 4) is 16.9 Å². The van der Waals surface area contributed by atoms with Gasteiger partial charge in [0.25, 0.3) is 0 Å². The number of benzene rings is 2. The number of aliphatic hydroxyl groups excluding tert-OH is 1. The van der Waals surface area contributed by atoms with Crippen molar-refractivity contribution in [2.24, 2.45) is 0 Å². The number of likely N-dealkylation sites (tertiary alicyclic amines) is 1. The van der Waals surface area contributed by atoms with Gasteiger partial charge in [0.15, 0.2) is 5.11 Å². The molecular formula is C19H22N2O2S. The average Bonchev–Trinajstić information content (AvgIpc) is 2.63. The number of nitrogens with zero attached hydrogens (tertiary/aromatic N) is 1. The summed E-state index contributed by atoms with van der Waals surface area (Å²) in [6.07, 6.45) is 1.30. The van der Waals surface area contributed by atoms with E-state index in [-0.39, 0.29) is 6.10 Å². The highest BCUT2D eigenvalue weighted by Crippen LogP contribution is 2.31. The van der Waals surface area contributed by atoms with Crippen LogP contribution >= 0.6 is 12.2 Å². The van der Waals surface area contributed by atoms with Crippen LogP contribution in [0.1, 0.15) is 12.8 Å². The van der Waals surface area contributed by atoms with Gasteiger partial charge in [-0.05, 0) is 48.3 Å². The molecule has 0 saturated carbocycles. The maximum atomic E-state index is 9.63. The third-order valence-electron chi connectivity index (χ3n) is 4.30. The van der Waals surface area contributed by atoms with Gasteiger partial charge in [-0.25, -0.2) is 0 Å². The summed E-state index contributed by atoms with van der Waals surface area (Å²) in [5, 5.41) is 13.6. The molecule has 0 aromatic heterocycles. The maximum Gasteiger partial charge on any atom is 0.173 e. The summed E-state index contributed by atoms with van der Waals surface area (Å²) in [4.78, 5) is 2.09. The molecule has 4 nitrogen and oxygen atoms in total. The van der Waals surface area contributed by atoms with E-state index in [0.29, 0.717) is 5.11 Å². The molecule has 1 aliphatic heterocycles. The first-order valence-electron chi connectivity index (χ1n) is 8.15. The second-order valence-electron chi connectivity index (χ2n) is 5.93. The first-order valence-corrected chi connectivity index (χ1v) is 8.55. The van der Waals surface area contributed by atoms with Crippen LogP contribution < -0.4 is 10.1 Å². The quantitative estimate of drug-likeness (QED) is 0.836. The lowest BCUT2D eigenvalue weighted by Crippen LogP contribution is -2.42. The normalized spacial score (nSPS) is 15.2. The van der Waals surface area contributed by atoms with E-state index in [0.717, 1.165) is 48.5 Å². The predicted molar refractivity (Wildman–Crippen MR) is 101 cm³/mol. The third-order valence-corrected chi connectivity index (χ3v) is 4.66. The van der Waals surface area contributed by atoms with Gasteiger partial charge in [-0.1, -0.05) is 36.4 Å². The van der Waals surface area contributed by atoms with Gasteiger partial charge >= 0.3 is 0 Å². The van der Waals surface area contributed by atoms with E-state index >= 15 is 0 Å². The summed E-state index contributed by atoms with van der Waals surface area (Å²) in [5.41, 5.74) is 3.11. The average molecular weight is 342 g/mol. The monoisotopic (exact) mass is 342 g/mol. The lowest BCUT2D eigenvalue weighted by atomic mass is 10.0. The molecule has 1 fully saturated rings. The molecule has 126 valence electrons. The van der Waals surface area contributed by atoms with E-state index < -0.39 is 0 Å². The van der Waals surface area contributed by atoms with Crippen molar-refractivity contribution >= 4 is 23.0 Å². The summed E-state index contributed by atoms with van der Waals surface area (Å²) in [6, 6.07) is 16.3. The Kier molecular flexibility index (Phi) is 5.33. The number of hydrogen-bond donors (Lipinski definition) is 2. The number of hydrogen-bond acceptors (Lipinski definition) is 3. The van der Waals surface area contributed by atoms with Crippen LogP contribution in [0, 0.1) is 0 Å². The Morgan fingerprint density at radius 1 is 1.12 bits per heavy atom. The third kappa shape index (κ3) is 3.86. The van der Waals surface area contributed by atoms with Crippen molar-refractivity contribution in [3.05, 3.63) is 48.5 Å². The van der Waals surface area contributed by atoms with E-state index in [2.05, 4.69) is 28.4 Å². The van der Waals surface area contributed by atoms with Crippen molar-refractivity contribution in [1.82, 2.24) is 4.90 Å². The van der Waals surface area contributed by atoms with Crippen LogP contribution in [-0.4, -0.2) is 41.4 Å². The fourth-order valence-electron chi connectivity index (χ4n) is 2.88. The fourth-order valence-corrected chi connectivity index (χ4v) is 3.17. The lowest BCUT2D eigenvalue weighted by molar-refractivity contribution is 0.110. The van der Waals surface area contributed by atoms with Gasteiger partial charge in [0, 0.05) is 13.1 Å². The molecule has 0 amide bonds. The Balaban J connectivity index is 1.79. The molecule has 2 N–H and O–H groups in total. The van der Waals surface area contributed by atoms with Crippen molar-refractivity contribution in [2.75, 3.05) is 25.5 Å². The largest absolute Gasteiger partial charge is 0.495 e. The fraction of sp³-hybridized carbons (Fsp3) is 0.316. The minimum absolute atomic E-state index is 0.208. The van der Waals surface area contributed by atoms with Gasteiger partial charge in [0.1, 0.15) is 5.75 Å². The number of aliphatic hydroxyl groups is 1. The highest BCUT2D eigenvalue weighted by atomic mass is 32.1. The SMILES string of the molecule is COc1ccc(-c2ccccc2)cc1NC(=S)N1CCC(O)CC1. The molecule has 0 bridgehead atoms. The molecule has 2 aromatic carbocycles. The first kappa shape index (κ1) is 16.7. The van der Waals surface area contributed by atoms with Crippen LogP contribution in [0.25, 0.3) is 11.1 Å². The molecule has 0 radical (unpaired) electrons. The van der Waals surface area contributed by atoms with Crippen molar-refractivity contribution in [1.29, 1.82) is 0 Å². The number of anilines is 1. The Morgan fingerprint density at radius 3 is 2.50 bits per heavy atom. The van der Waals surface area contributed by atoms with Crippen LogP contribution in [0.4, 0.5) is 5.69 Å². The lowest BCUT2D eigenvalue weighted by Gasteiger charge is -2.32. The molecule has 0 atom stereocenters. The van der Waals surface area contributed by atoms with Crippen LogP contribution in [0.2, 0.25) is 0 Å². The van der Waals surface area contributed by atoms with E-state index in [9.17, 15) is 5.11 Å². The molecule has 0 unspecified atom stereocenters. The number of thiocarbonyl (C=S) groups is 1. The van der Waals surface area contributed by atoms with Gasteiger partial charge in [0.05, 0.1) is 18.9 Å². The second kappa shape index (κ2) is 7.64. The number of ether oxygens (including phenoxy) is 1. The topological polar surface area (TPSA) is 44.7 Å². The number of methoxy groups -OCH3 is 1. The second-order valence-corrected chi connectivity index (χ2v) is 6.32. The van der Waals surface area contributed by atoms with E-state index in [1.807, 2.05) is 30.3 Å². The summed E-state index contributed by atoms with van der Waals surface area (Å²) in [6.45, 7) is 1.54. The van der Waals surface area contributed by atoms with Crippen LogP contribution in [0.3, 0.4) is 0 Å². The van der Waals surface area contributed by atoms with Gasteiger partial charge in [-0.3, -0.25) is 0 Å². The smallest absolute Gasteiger partial charge is 0.173 e. The zero-order valence-corrected chi connectivity index (χ0v) is 14.6. The standard InChI is InChI=1S/C19H22N2O2S/c1-23-18-8-7-15(14-5-3-2-4-6-14)13-17(18)20-19(24)21-11-9-16(22)10-12-21/h2-8,13,16,22H,9-12H2,1H3,(H,20,24). The molecule has 5 heteroatoms. The highest BCUT2D eigenvalue weighted by Gasteiger charge is 2.19. The van der Waals surface area contributed by atoms with Crippen LogP contribution in [-0.2, 0) is 0 Å². The van der Waals surface area contributed by atoms with E-state index in [4.69, 9.17) is 17.0 Å². The minimum atomic E-state index is -0.208. The molecular weight excluding hydrogens is 320 g/mol. The van der Waals surface area contributed by atoms with Crippen molar-refractivity contribution in [3.63, 3.8) is 0 Å². The summed E-state index contributed by atoms with van der Waals surface area (Å²) in [7, 11) is 1.66. The van der Waals surface area contributed by atoms with Gasteiger partial charge in [0.2, 0.25) is 0 Å². The zero-order chi connectivity index (χ0) is 16.9.